The molecule has 0 saturated carbocycles. The van der Waals surface area contributed by atoms with E-state index in [0.717, 1.165) is 45.0 Å². The Morgan fingerprint density at radius 2 is 1.96 bits per heavy atom. The number of carbonyl (C=O) groups is 1. The summed E-state index contributed by atoms with van der Waals surface area (Å²) in [7, 11) is 0. The fourth-order valence-electron chi connectivity index (χ4n) is 2.59. The van der Waals surface area contributed by atoms with Gasteiger partial charge >= 0.3 is 0 Å². The normalized spacial score (nSPS) is 15.1. The second-order valence-corrected chi connectivity index (χ2v) is 6.35. The minimum absolute atomic E-state index is 0.219. The average Bonchev–Trinajstić information content (AvgIpc) is 2.68. The van der Waals surface area contributed by atoms with Crippen molar-refractivity contribution in [3.63, 3.8) is 0 Å². The highest BCUT2D eigenvalue weighted by molar-refractivity contribution is 8.12. The van der Waals surface area contributed by atoms with Crippen molar-refractivity contribution < 1.29 is 14.3 Å². The van der Waals surface area contributed by atoms with Crippen molar-refractivity contribution in [2.75, 3.05) is 32.8 Å². The number of aromatic nitrogens is 1. The number of morpholine rings is 1. The van der Waals surface area contributed by atoms with Crippen molar-refractivity contribution in [3.8, 4) is 11.6 Å². The van der Waals surface area contributed by atoms with Crippen LogP contribution in [0.5, 0.6) is 11.6 Å². The predicted octanol–water partition coefficient (Wildman–Crippen LogP) is 2.50. The molecule has 1 aliphatic rings. The Bertz CT molecular complexity index is 686. The minimum atomic E-state index is -0.219. The molecule has 0 atom stereocenters. The van der Waals surface area contributed by atoms with Gasteiger partial charge in [0.15, 0.2) is 0 Å². The van der Waals surface area contributed by atoms with E-state index in [4.69, 9.17) is 14.6 Å². The van der Waals surface area contributed by atoms with Crippen LogP contribution in [0.3, 0.4) is 0 Å². The van der Waals surface area contributed by atoms with E-state index in [1.165, 1.54) is 11.8 Å². The molecule has 1 saturated heterocycles. The molecule has 2 heterocycles. The second-order valence-electron chi connectivity index (χ2n) is 5.74. The Kier molecular flexibility index (Phi) is 6.41. The summed E-state index contributed by atoms with van der Waals surface area (Å²) >= 11 is 0.674. The molecule has 1 aliphatic heterocycles. The number of nitrogens with zero attached hydrogens (tertiary/aromatic N) is 2. The van der Waals surface area contributed by atoms with Gasteiger partial charge < -0.3 is 9.47 Å². The van der Waals surface area contributed by atoms with E-state index in [-0.39, 0.29) is 5.12 Å². The molecule has 0 radical (unpaired) electrons. The molecule has 2 aromatic rings. The molecule has 25 heavy (non-hydrogen) atoms. The Morgan fingerprint density at radius 3 is 2.60 bits per heavy atom. The second kappa shape index (κ2) is 8.96. The van der Waals surface area contributed by atoms with Gasteiger partial charge in [-0.3, -0.25) is 14.8 Å². The molecular formula is C18H21N3O3S. The monoisotopic (exact) mass is 359 g/mol. The predicted molar refractivity (Wildman–Crippen MR) is 97.8 cm³/mol. The third-order valence-corrected chi connectivity index (χ3v) is 4.50. The zero-order valence-corrected chi connectivity index (χ0v) is 14.7. The van der Waals surface area contributed by atoms with Crippen molar-refractivity contribution in [1.29, 1.82) is 0 Å². The number of pyridine rings is 1. The van der Waals surface area contributed by atoms with Gasteiger partial charge in [0.25, 0.3) is 0 Å². The summed E-state index contributed by atoms with van der Waals surface area (Å²) in [6, 6.07) is 11.3. The number of ether oxygens (including phenoxy) is 2. The van der Waals surface area contributed by atoms with E-state index in [1.54, 1.807) is 12.1 Å². The van der Waals surface area contributed by atoms with Crippen LogP contribution in [0.4, 0.5) is 0 Å². The lowest BCUT2D eigenvalue weighted by atomic mass is 10.1. The Hall–Kier alpha value is -1.93. The Balaban J connectivity index is 1.52. The van der Waals surface area contributed by atoms with Crippen LogP contribution < -0.4 is 9.88 Å². The van der Waals surface area contributed by atoms with Gasteiger partial charge in [0, 0.05) is 37.5 Å². The Morgan fingerprint density at radius 1 is 1.20 bits per heavy atom. The molecule has 3 rings (SSSR count). The largest absolute Gasteiger partial charge is 0.439 e. The van der Waals surface area contributed by atoms with Crippen molar-refractivity contribution in [3.05, 3.63) is 53.7 Å². The van der Waals surface area contributed by atoms with E-state index in [9.17, 15) is 4.79 Å². The first-order valence-corrected chi connectivity index (χ1v) is 9.06. The highest BCUT2D eigenvalue weighted by Gasteiger charge is 2.10. The maximum Gasteiger partial charge on any atom is 0.235 e. The molecule has 1 aromatic carbocycles. The zero-order chi connectivity index (χ0) is 17.5. The van der Waals surface area contributed by atoms with Crippen molar-refractivity contribution in [2.45, 2.75) is 6.42 Å². The summed E-state index contributed by atoms with van der Waals surface area (Å²) in [5.41, 5.74) is 1.73. The fraction of sp³-hybridized carbons (Fsp3) is 0.333. The molecule has 6 nitrogen and oxygen atoms in total. The van der Waals surface area contributed by atoms with Crippen LogP contribution in [0.25, 0.3) is 0 Å². The first kappa shape index (κ1) is 17.9. The third-order valence-electron chi connectivity index (χ3n) is 4.05. The molecule has 0 amide bonds. The maximum atomic E-state index is 11.4. The van der Waals surface area contributed by atoms with E-state index in [0.29, 0.717) is 23.4 Å². The van der Waals surface area contributed by atoms with Gasteiger partial charge in [0.1, 0.15) is 5.75 Å². The van der Waals surface area contributed by atoms with Crippen LogP contribution in [-0.4, -0.2) is 47.8 Å². The fourth-order valence-corrected chi connectivity index (χ4v) is 2.84. The highest BCUT2D eigenvalue weighted by atomic mass is 32.2. The number of hydrogen-bond donors (Lipinski definition) is 1. The molecule has 0 unspecified atom stereocenters. The van der Waals surface area contributed by atoms with Crippen molar-refractivity contribution >= 4 is 17.1 Å². The Labute approximate surface area is 151 Å². The van der Waals surface area contributed by atoms with Crippen LogP contribution in [0.2, 0.25) is 0 Å². The van der Waals surface area contributed by atoms with Gasteiger partial charge in [-0.15, -0.1) is 0 Å². The number of rotatable bonds is 6. The van der Waals surface area contributed by atoms with Gasteiger partial charge in [-0.1, -0.05) is 12.1 Å². The van der Waals surface area contributed by atoms with Gasteiger partial charge in [0.05, 0.1) is 13.2 Å². The lowest BCUT2D eigenvalue weighted by Gasteiger charge is -2.26. The van der Waals surface area contributed by atoms with Crippen LogP contribution in [-0.2, 0) is 11.2 Å². The zero-order valence-electron chi connectivity index (χ0n) is 13.9. The quantitative estimate of drug-likeness (QED) is 0.794. The maximum absolute atomic E-state index is 11.4. The van der Waals surface area contributed by atoms with E-state index in [1.807, 2.05) is 12.1 Å². The highest BCUT2D eigenvalue weighted by Crippen LogP contribution is 2.21. The van der Waals surface area contributed by atoms with E-state index < -0.39 is 0 Å². The van der Waals surface area contributed by atoms with E-state index >= 15 is 0 Å². The summed E-state index contributed by atoms with van der Waals surface area (Å²) in [4.78, 5) is 18.0. The molecular weight excluding hydrogens is 338 g/mol. The van der Waals surface area contributed by atoms with Gasteiger partial charge in [-0.25, -0.2) is 4.98 Å². The molecule has 0 aliphatic carbocycles. The minimum Gasteiger partial charge on any atom is -0.439 e. The summed E-state index contributed by atoms with van der Waals surface area (Å²) < 4.78 is 11.1. The molecule has 0 bridgehead atoms. The van der Waals surface area contributed by atoms with Crippen molar-refractivity contribution in [2.24, 2.45) is 5.14 Å². The van der Waals surface area contributed by atoms with Crippen LogP contribution >= 0.6 is 11.9 Å². The van der Waals surface area contributed by atoms with E-state index in [2.05, 4.69) is 22.0 Å². The summed E-state index contributed by atoms with van der Waals surface area (Å²) in [6.07, 6.45) is 2.47. The number of nitrogens with two attached hydrogens (primary N) is 1. The third kappa shape index (κ3) is 5.27. The SMILES string of the molecule is NSC(=O)c1ccc(Oc2ccc(CCN3CCOCC3)cc2)nc1. The lowest BCUT2D eigenvalue weighted by Crippen LogP contribution is -2.37. The van der Waals surface area contributed by atoms with Crippen LogP contribution in [0.15, 0.2) is 42.6 Å². The summed E-state index contributed by atoms with van der Waals surface area (Å²) in [5, 5.41) is 5.03. The lowest BCUT2D eigenvalue weighted by molar-refractivity contribution is 0.0384. The summed E-state index contributed by atoms with van der Waals surface area (Å²) in [6.45, 7) is 4.71. The topological polar surface area (TPSA) is 77.7 Å². The van der Waals surface area contributed by atoms with Gasteiger partial charge in [-0.2, -0.15) is 0 Å². The standard InChI is InChI=1S/C18H21N3O3S/c19-25-18(22)15-3-6-17(20-13-15)24-16-4-1-14(2-5-16)7-8-21-9-11-23-12-10-21/h1-6,13H,7-12,19H2. The smallest absolute Gasteiger partial charge is 0.235 e. The molecule has 2 N–H and O–H groups in total. The average molecular weight is 359 g/mol. The molecule has 7 heteroatoms. The molecule has 1 fully saturated rings. The van der Waals surface area contributed by atoms with Gasteiger partial charge in [0.2, 0.25) is 11.0 Å². The molecule has 132 valence electrons. The number of benzene rings is 1. The first-order chi connectivity index (χ1) is 12.2. The molecule has 0 spiro atoms. The van der Waals surface area contributed by atoms with Crippen LogP contribution in [0, 0.1) is 0 Å². The van der Waals surface area contributed by atoms with Crippen molar-refractivity contribution in [1.82, 2.24) is 9.88 Å². The first-order valence-electron chi connectivity index (χ1n) is 8.18. The number of carbonyl (C=O) groups excluding carboxylic acids is 1. The van der Waals surface area contributed by atoms with Gasteiger partial charge in [-0.05, 0) is 42.1 Å². The molecule has 1 aromatic heterocycles. The number of hydrogen-bond acceptors (Lipinski definition) is 7. The summed E-state index contributed by atoms with van der Waals surface area (Å²) in [5.74, 6) is 1.16. The van der Waals surface area contributed by atoms with Crippen LogP contribution in [0.1, 0.15) is 15.9 Å².